The van der Waals surface area contributed by atoms with Crippen LogP contribution in [0.25, 0.3) is 0 Å². The zero-order valence-corrected chi connectivity index (χ0v) is 11.6. The van der Waals surface area contributed by atoms with E-state index in [4.69, 9.17) is 10.5 Å². The summed E-state index contributed by atoms with van der Waals surface area (Å²) in [6.45, 7) is 2.66. The normalized spacial score (nSPS) is 10.3. The van der Waals surface area contributed by atoms with Crippen LogP contribution in [0.3, 0.4) is 0 Å². The van der Waals surface area contributed by atoms with Gasteiger partial charge in [-0.15, -0.1) is 0 Å². The van der Waals surface area contributed by atoms with Gasteiger partial charge in [-0.25, -0.2) is 4.79 Å². The van der Waals surface area contributed by atoms with Gasteiger partial charge in [-0.2, -0.15) is 5.10 Å². The van der Waals surface area contributed by atoms with Crippen LogP contribution in [-0.2, 0) is 18.3 Å². The predicted octanol–water partition coefficient (Wildman–Crippen LogP) is 1.79. The number of hydrogen-bond donors (Lipinski definition) is 2. The third kappa shape index (κ3) is 2.90. The second-order valence-electron chi connectivity index (χ2n) is 4.29. The van der Waals surface area contributed by atoms with Crippen LogP contribution in [0, 0.1) is 0 Å². The lowest BCUT2D eigenvalue weighted by Gasteiger charge is -2.12. The molecule has 0 spiro atoms. The average molecular weight is 274 g/mol. The fourth-order valence-corrected chi connectivity index (χ4v) is 1.87. The Morgan fingerprint density at radius 1 is 1.45 bits per heavy atom. The van der Waals surface area contributed by atoms with Crippen molar-refractivity contribution in [1.82, 2.24) is 9.78 Å². The highest BCUT2D eigenvalue weighted by atomic mass is 16.5. The number of nitrogens with two attached hydrogens (primary N) is 1. The molecule has 0 aliphatic rings. The molecule has 6 nitrogen and oxygen atoms in total. The maximum Gasteiger partial charge on any atom is 0.340 e. The third-order valence-corrected chi connectivity index (χ3v) is 2.98. The van der Waals surface area contributed by atoms with Crippen molar-refractivity contribution in [2.24, 2.45) is 7.05 Å². The minimum Gasteiger partial charge on any atom is -0.462 e. The van der Waals surface area contributed by atoms with E-state index < -0.39 is 5.97 Å². The lowest BCUT2D eigenvalue weighted by molar-refractivity contribution is 0.0527. The van der Waals surface area contributed by atoms with Crippen LogP contribution in [0.1, 0.15) is 23.0 Å². The van der Waals surface area contributed by atoms with E-state index in [1.165, 1.54) is 0 Å². The SMILES string of the molecule is CCOC(=O)c1cccc(NCc2ccnn2C)c1N. The number of esters is 1. The highest BCUT2D eigenvalue weighted by molar-refractivity contribution is 5.98. The first-order valence-corrected chi connectivity index (χ1v) is 6.39. The molecule has 20 heavy (non-hydrogen) atoms. The van der Waals surface area contributed by atoms with Gasteiger partial charge in [0.25, 0.3) is 0 Å². The number of nitrogen functional groups attached to an aromatic ring is 1. The summed E-state index contributed by atoms with van der Waals surface area (Å²) in [5.74, 6) is -0.408. The van der Waals surface area contributed by atoms with Crippen LogP contribution in [0.5, 0.6) is 0 Å². The molecule has 0 saturated heterocycles. The summed E-state index contributed by atoms with van der Waals surface area (Å²) in [5.41, 5.74) is 8.50. The Kier molecular flexibility index (Phi) is 4.24. The van der Waals surface area contributed by atoms with Gasteiger partial charge in [0.1, 0.15) is 0 Å². The summed E-state index contributed by atoms with van der Waals surface area (Å²) in [5, 5.41) is 7.29. The summed E-state index contributed by atoms with van der Waals surface area (Å²) in [6, 6.07) is 7.17. The van der Waals surface area contributed by atoms with Gasteiger partial charge in [-0.05, 0) is 25.1 Å². The molecule has 0 fully saturated rings. The molecule has 0 aliphatic carbocycles. The van der Waals surface area contributed by atoms with E-state index in [-0.39, 0.29) is 0 Å². The minimum absolute atomic E-state index is 0.324. The third-order valence-electron chi connectivity index (χ3n) is 2.98. The standard InChI is InChI=1S/C14H18N4O2/c1-3-20-14(19)11-5-4-6-12(13(11)15)16-9-10-7-8-17-18(10)2/h4-8,16H,3,9,15H2,1-2H3. The molecule has 1 aromatic carbocycles. The number of ether oxygens (including phenoxy) is 1. The molecule has 106 valence electrons. The molecule has 0 bridgehead atoms. The van der Waals surface area contributed by atoms with E-state index in [1.54, 1.807) is 29.9 Å². The largest absolute Gasteiger partial charge is 0.462 e. The van der Waals surface area contributed by atoms with Crippen LogP contribution >= 0.6 is 0 Å². The summed E-state index contributed by atoms with van der Waals surface area (Å²) >= 11 is 0. The van der Waals surface area contributed by atoms with Crippen molar-refractivity contribution < 1.29 is 9.53 Å². The fraction of sp³-hybridized carbons (Fsp3) is 0.286. The van der Waals surface area contributed by atoms with Crippen molar-refractivity contribution in [2.45, 2.75) is 13.5 Å². The number of nitrogens with zero attached hydrogens (tertiary/aromatic N) is 2. The Balaban J connectivity index is 2.14. The molecule has 0 amide bonds. The van der Waals surface area contributed by atoms with Crippen molar-refractivity contribution >= 4 is 17.3 Å². The molecule has 6 heteroatoms. The highest BCUT2D eigenvalue weighted by Gasteiger charge is 2.13. The molecular weight excluding hydrogens is 256 g/mol. The number of carbonyl (C=O) groups excluding carboxylic acids is 1. The smallest absolute Gasteiger partial charge is 0.340 e. The minimum atomic E-state index is -0.408. The molecule has 3 N–H and O–H groups in total. The van der Waals surface area contributed by atoms with E-state index >= 15 is 0 Å². The van der Waals surface area contributed by atoms with Crippen molar-refractivity contribution in [3.8, 4) is 0 Å². The van der Waals surface area contributed by atoms with Gasteiger partial charge in [0.15, 0.2) is 0 Å². The monoisotopic (exact) mass is 274 g/mol. The first kappa shape index (κ1) is 13.9. The first-order valence-electron chi connectivity index (χ1n) is 6.39. The van der Waals surface area contributed by atoms with Crippen molar-refractivity contribution in [3.63, 3.8) is 0 Å². The maximum absolute atomic E-state index is 11.8. The predicted molar refractivity (Wildman–Crippen MR) is 77.3 cm³/mol. The molecule has 0 radical (unpaired) electrons. The van der Waals surface area contributed by atoms with Crippen LogP contribution in [0.4, 0.5) is 11.4 Å². The second-order valence-corrected chi connectivity index (χ2v) is 4.29. The molecule has 2 aromatic rings. The maximum atomic E-state index is 11.8. The molecule has 0 saturated carbocycles. The van der Waals surface area contributed by atoms with Gasteiger partial charge >= 0.3 is 5.97 Å². The fourth-order valence-electron chi connectivity index (χ4n) is 1.87. The summed E-state index contributed by atoms with van der Waals surface area (Å²) in [6.07, 6.45) is 1.73. The molecule has 0 aliphatic heterocycles. The van der Waals surface area contributed by atoms with Gasteiger partial charge in [0.05, 0.1) is 35.8 Å². The molecule has 0 unspecified atom stereocenters. The number of rotatable bonds is 5. The lowest BCUT2D eigenvalue weighted by Crippen LogP contribution is -2.11. The zero-order chi connectivity index (χ0) is 14.5. The van der Waals surface area contributed by atoms with Crippen LogP contribution in [-0.4, -0.2) is 22.4 Å². The average Bonchev–Trinajstić information content (AvgIpc) is 2.83. The van der Waals surface area contributed by atoms with Crippen molar-refractivity contribution in [2.75, 3.05) is 17.7 Å². The van der Waals surface area contributed by atoms with E-state index in [2.05, 4.69) is 10.4 Å². The first-order chi connectivity index (χ1) is 9.63. The Labute approximate surface area is 117 Å². The van der Waals surface area contributed by atoms with E-state index in [9.17, 15) is 4.79 Å². The second kappa shape index (κ2) is 6.10. The van der Waals surface area contributed by atoms with Gasteiger partial charge < -0.3 is 15.8 Å². The number of para-hydroxylation sites is 1. The number of benzene rings is 1. The lowest BCUT2D eigenvalue weighted by atomic mass is 10.1. The van der Waals surface area contributed by atoms with Gasteiger partial charge in [0, 0.05) is 13.2 Å². The van der Waals surface area contributed by atoms with E-state index in [0.29, 0.717) is 30.1 Å². The number of nitrogens with one attached hydrogen (secondary N) is 1. The molecule has 0 atom stereocenters. The number of anilines is 2. The molecule has 2 rings (SSSR count). The summed E-state index contributed by atoms with van der Waals surface area (Å²) in [4.78, 5) is 11.8. The molecular formula is C14H18N4O2. The Morgan fingerprint density at radius 2 is 2.25 bits per heavy atom. The number of aromatic nitrogens is 2. The topological polar surface area (TPSA) is 82.2 Å². The zero-order valence-electron chi connectivity index (χ0n) is 11.6. The van der Waals surface area contributed by atoms with Crippen LogP contribution < -0.4 is 11.1 Å². The molecule has 1 heterocycles. The van der Waals surface area contributed by atoms with Crippen LogP contribution in [0.15, 0.2) is 30.5 Å². The van der Waals surface area contributed by atoms with E-state index in [1.807, 2.05) is 19.2 Å². The number of carbonyl (C=O) groups is 1. The number of aryl methyl sites for hydroxylation is 1. The van der Waals surface area contributed by atoms with Crippen molar-refractivity contribution in [1.29, 1.82) is 0 Å². The Hall–Kier alpha value is -2.50. The highest BCUT2D eigenvalue weighted by Crippen LogP contribution is 2.24. The number of hydrogen-bond acceptors (Lipinski definition) is 5. The van der Waals surface area contributed by atoms with Crippen molar-refractivity contribution in [3.05, 3.63) is 41.7 Å². The van der Waals surface area contributed by atoms with Gasteiger partial charge in [0.2, 0.25) is 0 Å². The summed E-state index contributed by atoms with van der Waals surface area (Å²) < 4.78 is 6.75. The van der Waals surface area contributed by atoms with Crippen LogP contribution in [0.2, 0.25) is 0 Å². The quantitative estimate of drug-likeness (QED) is 0.641. The van der Waals surface area contributed by atoms with Gasteiger partial charge in [-0.1, -0.05) is 6.07 Å². The molecule has 1 aromatic heterocycles. The Morgan fingerprint density at radius 3 is 2.90 bits per heavy atom. The van der Waals surface area contributed by atoms with Gasteiger partial charge in [-0.3, -0.25) is 4.68 Å². The van der Waals surface area contributed by atoms with E-state index in [0.717, 1.165) is 5.69 Å². The Bertz CT molecular complexity index is 607. The summed E-state index contributed by atoms with van der Waals surface area (Å²) in [7, 11) is 1.87.